The zero-order chi connectivity index (χ0) is 11.9. The van der Waals surface area contributed by atoms with Crippen molar-refractivity contribution in [3.63, 3.8) is 0 Å². The largest absolute Gasteiger partial charge is 1.00 e. The van der Waals surface area contributed by atoms with Crippen molar-refractivity contribution < 1.29 is 18.9 Å². The summed E-state index contributed by atoms with van der Waals surface area (Å²) in [5.74, 6) is 1.85. The fourth-order valence-electron chi connectivity index (χ4n) is 3.14. The molecule has 18 heavy (non-hydrogen) atoms. The Balaban J connectivity index is 0.00000162. The SMILES string of the molecule is CCCCCC1CCC(c2cc[c-]cc2)CC1.[Li+]. The van der Waals surface area contributed by atoms with Gasteiger partial charge in [0.05, 0.1) is 0 Å². The van der Waals surface area contributed by atoms with E-state index in [-0.39, 0.29) is 18.9 Å². The summed E-state index contributed by atoms with van der Waals surface area (Å²) in [6.45, 7) is 2.29. The molecule has 1 aliphatic carbocycles. The first-order chi connectivity index (χ1) is 8.40. The van der Waals surface area contributed by atoms with Crippen molar-refractivity contribution in [2.24, 2.45) is 5.92 Å². The van der Waals surface area contributed by atoms with Crippen molar-refractivity contribution in [3.8, 4) is 0 Å². The fraction of sp³-hybridized carbons (Fsp3) is 0.647. The minimum atomic E-state index is 0. The van der Waals surface area contributed by atoms with Crippen LogP contribution in [-0.4, -0.2) is 0 Å². The molecule has 94 valence electrons. The number of hydrogen-bond acceptors (Lipinski definition) is 0. The Labute approximate surface area is 125 Å². The Hall–Kier alpha value is -0.183. The van der Waals surface area contributed by atoms with Crippen LogP contribution in [0.1, 0.15) is 69.8 Å². The molecule has 0 atom stereocenters. The molecule has 0 N–H and O–H groups in total. The first-order valence-electron chi connectivity index (χ1n) is 7.36. The molecule has 0 radical (unpaired) electrons. The molecule has 1 saturated carbocycles. The number of benzene rings is 1. The van der Waals surface area contributed by atoms with E-state index in [1.807, 2.05) is 0 Å². The van der Waals surface area contributed by atoms with E-state index in [0.717, 1.165) is 11.8 Å². The molecule has 1 heteroatoms. The molecule has 0 bridgehead atoms. The van der Waals surface area contributed by atoms with Crippen molar-refractivity contribution in [1.29, 1.82) is 0 Å². The molecule has 1 aromatic carbocycles. The van der Waals surface area contributed by atoms with Gasteiger partial charge in [0.2, 0.25) is 0 Å². The minimum Gasteiger partial charge on any atom is -0.184 e. The van der Waals surface area contributed by atoms with Gasteiger partial charge in [-0.2, -0.15) is 35.9 Å². The maximum absolute atomic E-state index is 3.11. The molecule has 0 unspecified atom stereocenters. The molecule has 0 saturated heterocycles. The Morgan fingerprint density at radius 1 is 1.06 bits per heavy atom. The number of hydrogen-bond donors (Lipinski definition) is 0. The van der Waals surface area contributed by atoms with Crippen LogP contribution in [0.2, 0.25) is 0 Å². The van der Waals surface area contributed by atoms with E-state index in [9.17, 15) is 0 Å². The zero-order valence-electron chi connectivity index (χ0n) is 12.1. The van der Waals surface area contributed by atoms with Crippen LogP contribution < -0.4 is 18.9 Å². The maximum Gasteiger partial charge on any atom is 1.00 e. The predicted octanol–water partition coefficient (Wildman–Crippen LogP) is 2.34. The summed E-state index contributed by atoms with van der Waals surface area (Å²) in [7, 11) is 0. The Bertz CT molecular complexity index is 299. The van der Waals surface area contributed by atoms with Gasteiger partial charge in [0.1, 0.15) is 0 Å². The van der Waals surface area contributed by atoms with Crippen molar-refractivity contribution in [2.75, 3.05) is 0 Å². The maximum atomic E-state index is 3.11. The summed E-state index contributed by atoms with van der Waals surface area (Å²) < 4.78 is 0. The Morgan fingerprint density at radius 3 is 2.33 bits per heavy atom. The van der Waals surface area contributed by atoms with E-state index < -0.39 is 0 Å². The van der Waals surface area contributed by atoms with Crippen molar-refractivity contribution in [1.82, 2.24) is 0 Å². The van der Waals surface area contributed by atoms with Gasteiger partial charge in [-0.25, -0.2) is 0 Å². The standard InChI is InChI=1S/C17H25.Li/c1-2-3-5-8-15-11-13-17(14-12-15)16-9-6-4-7-10-16;/h6-7,9-10,15,17H,2-3,5,8,11-14H2,1H3;/q-1;+1. The van der Waals surface area contributed by atoms with Crippen LogP contribution in [-0.2, 0) is 0 Å². The van der Waals surface area contributed by atoms with Crippen LogP contribution in [0.3, 0.4) is 0 Å². The summed E-state index contributed by atoms with van der Waals surface area (Å²) >= 11 is 0. The first-order valence-corrected chi connectivity index (χ1v) is 7.36. The molecular weight excluding hydrogens is 211 g/mol. The van der Waals surface area contributed by atoms with Crippen molar-refractivity contribution in [3.05, 3.63) is 35.9 Å². The van der Waals surface area contributed by atoms with Gasteiger partial charge in [-0.05, 0) is 37.5 Å². The third kappa shape index (κ3) is 4.83. The molecule has 2 rings (SSSR count). The molecule has 1 aromatic rings. The van der Waals surface area contributed by atoms with Crippen LogP contribution in [0.4, 0.5) is 0 Å². The molecular formula is C17H25Li. The van der Waals surface area contributed by atoms with Gasteiger partial charge in [0.15, 0.2) is 0 Å². The van der Waals surface area contributed by atoms with Crippen LogP contribution in [0.5, 0.6) is 0 Å². The Morgan fingerprint density at radius 2 is 1.72 bits per heavy atom. The molecule has 0 heterocycles. The molecule has 0 amide bonds. The summed E-state index contributed by atoms with van der Waals surface area (Å²) in [6.07, 6.45) is 11.4. The molecule has 0 nitrogen and oxygen atoms in total. The third-order valence-electron chi connectivity index (χ3n) is 4.28. The topological polar surface area (TPSA) is 0 Å². The van der Waals surface area contributed by atoms with E-state index in [1.54, 1.807) is 0 Å². The van der Waals surface area contributed by atoms with Crippen molar-refractivity contribution in [2.45, 2.75) is 64.2 Å². The zero-order valence-corrected chi connectivity index (χ0v) is 12.1. The van der Waals surface area contributed by atoms with E-state index in [0.29, 0.717) is 0 Å². The monoisotopic (exact) mass is 236 g/mol. The van der Waals surface area contributed by atoms with Gasteiger partial charge < -0.3 is 0 Å². The van der Waals surface area contributed by atoms with E-state index in [1.165, 1.54) is 56.9 Å². The van der Waals surface area contributed by atoms with Crippen LogP contribution in [0, 0.1) is 12.0 Å². The molecule has 0 spiro atoms. The van der Waals surface area contributed by atoms with E-state index >= 15 is 0 Å². The second-order valence-corrected chi connectivity index (χ2v) is 5.55. The minimum absolute atomic E-state index is 0. The normalized spacial score (nSPS) is 23.4. The average molecular weight is 236 g/mol. The van der Waals surface area contributed by atoms with Crippen LogP contribution >= 0.6 is 0 Å². The van der Waals surface area contributed by atoms with E-state index in [4.69, 9.17) is 0 Å². The second kappa shape index (κ2) is 8.84. The summed E-state index contributed by atoms with van der Waals surface area (Å²) in [4.78, 5) is 0. The average Bonchev–Trinajstić information content (AvgIpc) is 2.41. The summed E-state index contributed by atoms with van der Waals surface area (Å²) in [5.41, 5.74) is 1.54. The smallest absolute Gasteiger partial charge is 0.184 e. The van der Waals surface area contributed by atoms with Crippen LogP contribution in [0.15, 0.2) is 24.3 Å². The molecule has 0 aliphatic heterocycles. The van der Waals surface area contributed by atoms with Gasteiger partial charge in [-0.1, -0.05) is 32.6 Å². The van der Waals surface area contributed by atoms with E-state index in [2.05, 4.69) is 37.3 Å². The predicted molar refractivity (Wildman–Crippen MR) is 74.1 cm³/mol. The van der Waals surface area contributed by atoms with Crippen molar-refractivity contribution >= 4 is 0 Å². The summed E-state index contributed by atoms with van der Waals surface area (Å²) in [5, 5.41) is 0. The molecule has 1 fully saturated rings. The molecule has 0 aromatic heterocycles. The second-order valence-electron chi connectivity index (χ2n) is 5.55. The Kier molecular flexibility index (Phi) is 7.80. The van der Waals surface area contributed by atoms with Gasteiger partial charge in [-0.15, -0.1) is 0 Å². The van der Waals surface area contributed by atoms with Gasteiger partial charge >= 0.3 is 18.9 Å². The van der Waals surface area contributed by atoms with Crippen LogP contribution in [0.25, 0.3) is 0 Å². The quantitative estimate of drug-likeness (QED) is 0.418. The van der Waals surface area contributed by atoms with Gasteiger partial charge in [0.25, 0.3) is 0 Å². The summed E-state index contributed by atoms with van der Waals surface area (Å²) in [6, 6.07) is 11.7. The first kappa shape index (κ1) is 15.9. The number of rotatable bonds is 5. The number of unbranched alkanes of at least 4 members (excludes halogenated alkanes) is 2. The third-order valence-corrected chi connectivity index (χ3v) is 4.28. The van der Waals surface area contributed by atoms with Gasteiger partial charge in [0, 0.05) is 0 Å². The molecule has 1 aliphatic rings. The van der Waals surface area contributed by atoms with Gasteiger partial charge in [-0.3, -0.25) is 0 Å². The fourth-order valence-corrected chi connectivity index (χ4v) is 3.14.